The number of H-pyrrole nitrogens is 1. The highest BCUT2D eigenvalue weighted by Gasteiger charge is 2.35. The van der Waals surface area contributed by atoms with Crippen molar-refractivity contribution in [1.82, 2.24) is 14.9 Å². The van der Waals surface area contributed by atoms with Crippen LogP contribution < -0.4 is 10.9 Å². The number of hydrogen-bond donors (Lipinski definition) is 2. The predicted octanol–water partition coefficient (Wildman–Crippen LogP) is 2.07. The fourth-order valence-corrected chi connectivity index (χ4v) is 3.38. The zero-order valence-electron chi connectivity index (χ0n) is 14.7. The van der Waals surface area contributed by atoms with Crippen molar-refractivity contribution in [2.45, 2.75) is 32.1 Å². The summed E-state index contributed by atoms with van der Waals surface area (Å²) in [5.41, 5.74) is 1.73. The summed E-state index contributed by atoms with van der Waals surface area (Å²) in [5, 5.41) is 3.10. The highest BCUT2D eigenvalue weighted by molar-refractivity contribution is 5.77. The molecule has 0 spiro atoms. The molecular formula is C19H24N4O2. The molecule has 0 aliphatic carbocycles. The molecule has 3 rings (SSSR count). The fraction of sp³-hybridized carbons (Fsp3) is 0.421. The van der Waals surface area contributed by atoms with Crippen molar-refractivity contribution in [1.29, 1.82) is 0 Å². The van der Waals surface area contributed by atoms with Crippen LogP contribution in [0, 0.1) is 6.92 Å². The minimum Gasteiger partial charge on any atom is -0.354 e. The number of nitrogens with one attached hydrogen (secondary N) is 2. The molecule has 1 fully saturated rings. The predicted molar refractivity (Wildman–Crippen MR) is 97.7 cm³/mol. The lowest BCUT2D eigenvalue weighted by Crippen LogP contribution is -2.48. The molecule has 6 nitrogen and oxygen atoms in total. The molecule has 6 heteroatoms. The molecule has 1 aliphatic rings. The van der Waals surface area contributed by atoms with Gasteiger partial charge in [0.25, 0.3) is 5.56 Å². The largest absolute Gasteiger partial charge is 0.354 e. The van der Waals surface area contributed by atoms with Gasteiger partial charge in [0, 0.05) is 43.2 Å². The van der Waals surface area contributed by atoms with Gasteiger partial charge in [-0.1, -0.05) is 37.3 Å². The lowest BCUT2D eigenvalue weighted by molar-refractivity contribution is -0.135. The number of carbonyl (C=O) groups is 1. The molecule has 1 amide bonds. The molecule has 25 heavy (non-hydrogen) atoms. The smallest absolute Gasteiger partial charge is 0.252 e. The van der Waals surface area contributed by atoms with Crippen LogP contribution in [0.1, 0.15) is 31.0 Å². The molecule has 2 heterocycles. The van der Waals surface area contributed by atoms with Crippen molar-refractivity contribution in [2.24, 2.45) is 0 Å². The van der Waals surface area contributed by atoms with Crippen molar-refractivity contribution < 1.29 is 4.79 Å². The summed E-state index contributed by atoms with van der Waals surface area (Å²) in [7, 11) is 0. The lowest BCUT2D eigenvalue weighted by Gasteiger charge is -2.40. The molecule has 0 radical (unpaired) electrons. The van der Waals surface area contributed by atoms with Crippen LogP contribution in [0.25, 0.3) is 0 Å². The molecule has 132 valence electrons. The summed E-state index contributed by atoms with van der Waals surface area (Å²) in [4.78, 5) is 32.6. The normalized spacial score (nSPS) is 20.6. The molecule has 1 unspecified atom stereocenters. The van der Waals surface area contributed by atoms with Crippen molar-refractivity contribution in [3.05, 3.63) is 58.0 Å². The maximum Gasteiger partial charge on any atom is 0.252 e. The van der Waals surface area contributed by atoms with Gasteiger partial charge in [-0.25, -0.2) is 4.98 Å². The number of nitrogens with zero attached hydrogens (tertiary/aromatic N) is 2. The van der Waals surface area contributed by atoms with E-state index in [0.717, 1.165) is 6.42 Å². The van der Waals surface area contributed by atoms with E-state index in [1.54, 1.807) is 6.92 Å². The number of carbonyl (C=O) groups excluding carboxylic acids is 1. The second-order valence-electron chi connectivity index (χ2n) is 6.90. The van der Waals surface area contributed by atoms with E-state index in [1.165, 1.54) is 11.6 Å². The van der Waals surface area contributed by atoms with Crippen molar-refractivity contribution in [3.63, 3.8) is 0 Å². The van der Waals surface area contributed by atoms with E-state index in [2.05, 4.69) is 34.3 Å². The number of amides is 1. The first kappa shape index (κ1) is 17.2. The van der Waals surface area contributed by atoms with Crippen LogP contribution in [0.5, 0.6) is 0 Å². The third-order valence-corrected chi connectivity index (χ3v) is 4.80. The van der Waals surface area contributed by atoms with Gasteiger partial charge < -0.3 is 10.2 Å². The molecule has 0 bridgehead atoms. The Bertz CT molecular complexity index is 803. The topological polar surface area (TPSA) is 78.1 Å². The van der Waals surface area contributed by atoms with Gasteiger partial charge in [0.2, 0.25) is 11.9 Å². The third kappa shape index (κ3) is 4.07. The van der Waals surface area contributed by atoms with Crippen LogP contribution in [-0.4, -0.2) is 40.4 Å². The summed E-state index contributed by atoms with van der Waals surface area (Å²) < 4.78 is 0. The van der Waals surface area contributed by atoms with E-state index in [-0.39, 0.29) is 16.9 Å². The number of benzene rings is 1. The van der Waals surface area contributed by atoms with Gasteiger partial charge in [-0.05, 0) is 18.9 Å². The van der Waals surface area contributed by atoms with Gasteiger partial charge in [-0.3, -0.25) is 14.6 Å². The molecule has 1 atom stereocenters. The molecule has 1 saturated heterocycles. The summed E-state index contributed by atoms with van der Waals surface area (Å²) in [5.74, 6) is 0.626. The average Bonchev–Trinajstić information content (AvgIpc) is 2.58. The SMILES string of the molecule is Cc1cc(=O)[nH]c(NCCN2CC(C)(c3ccccc3)CCC2=O)n1. The Morgan fingerprint density at radius 1 is 1.28 bits per heavy atom. The Morgan fingerprint density at radius 3 is 2.76 bits per heavy atom. The second kappa shape index (κ2) is 7.09. The molecule has 2 N–H and O–H groups in total. The van der Waals surface area contributed by atoms with Crippen LogP contribution in [0.15, 0.2) is 41.2 Å². The number of hydrogen-bond acceptors (Lipinski definition) is 4. The zero-order valence-corrected chi connectivity index (χ0v) is 14.7. The van der Waals surface area contributed by atoms with Gasteiger partial charge in [0.05, 0.1) is 0 Å². The quantitative estimate of drug-likeness (QED) is 0.873. The van der Waals surface area contributed by atoms with E-state index in [1.807, 2.05) is 23.1 Å². The van der Waals surface area contributed by atoms with E-state index < -0.39 is 0 Å². The first-order valence-electron chi connectivity index (χ1n) is 8.61. The Morgan fingerprint density at radius 2 is 2.04 bits per heavy atom. The van der Waals surface area contributed by atoms with Crippen LogP contribution in [0.3, 0.4) is 0 Å². The van der Waals surface area contributed by atoms with E-state index in [4.69, 9.17) is 0 Å². The number of likely N-dealkylation sites (tertiary alicyclic amines) is 1. The number of piperidine rings is 1. The van der Waals surface area contributed by atoms with Crippen LogP contribution in [0.4, 0.5) is 5.95 Å². The molecule has 1 aromatic heterocycles. The minimum absolute atomic E-state index is 0.0227. The maximum atomic E-state index is 12.3. The standard InChI is InChI=1S/C19H24N4O2/c1-14-12-16(24)22-18(21-14)20-10-11-23-13-19(2,9-8-17(23)25)15-6-4-3-5-7-15/h3-7,12H,8-11,13H2,1-2H3,(H2,20,21,22,24). The number of aryl methyl sites for hydroxylation is 1. The van der Waals surface area contributed by atoms with Gasteiger partial charge in [0.1, 0.15) is 0 Å². The Balaban J connectivity index is 1.63. The highest BCUT2D eigenvalue weighted by Crippen LogP contribution is 2.33. The van der Waals surface area contributed by atoms with Crippen LogP contribution in [-0.2, 0) is 10.2 Å². The molecular weight excluding hydrogens is 316 g/mol. The zero-order chi connectivity index (χ0) is 17.9. The number of aromatic nitrogens is 2. The van der Waals surface area contributed by atoms with Gasteiger partial charge in [-0.2, -0.15) is 0 Å². The van der Waals surface area contributed by atoms with E-state index in [9.17, 15) is 9.59 Å². The Labute approximate surface area is 147 Å². The molecule has 1 aliphatic heterocycles. The summed E-state index contributed by atoms with van der Waals surface area (Å²) in [6.45, 7) is 5.83. The third-order valence-electron chi connectivity index (χ3n) is 4.80. The lowest BCUT2D eigenvalue weighted by atomic mass is 9.76. The molecule has 2 aromatic rings. The second-order valence-corrected chi connectivity index (χ2v) is 6.90. The number of rotatable bonds is 5. The van der Waals surface area contributed by atoms with Crippen molar-refractivity contribution in [3.8, 4) is 0 Å². The van der Waals surface area contributed by atoms with Crippen LogP contribution >= 0.6 is 0 Å². The van der Waals surface area contributed by atoms with E-state index >= 15 is 0 Å². The fourth-order valence-electron chi connectivity index (χ4n) is 3.38. The first-order chi connectivity index (χ1) is 12.0. The summed E-state index contributed by atoms with van der Waals surface area (Å²) >= 11 is 0. The Hall–Kier alpha value is -2.63. The number of aromatic amines is 1. The van der Waals surface area contributed by atoms with Crippen LogP contribution in [0.2, 0.25) is 0 Å². The van der Waals surface area contributed by atoms with Gasteiger partial charge in [0.15, 0.2) is 0 Å². The summed E-state index contributed by atoms with van der Waals surface area (Å²) in [6.07, 6.45) is 1.43. The molecule has 1 aromatic carbocycles. The monoisotopic (exact) mass is 340 g/mol. The van der Waals surface area contributed by atoms with Crippen molar-refractivity contribution in [2.75, 3.05) is 25.0 Å². The summed E-state index contributed by atoms with van der Waals surface area (Å²) in [6, 6.07) is 11.8. The highest BCUT2D eigenvalue weighted by atomic mass is 16.2. The van der Waals surface area contributed by atoms with E-state index in [0.29, 0.717) is 37.7 Å². The minimum atomic E-state index is -0.180. The molecule has 0 saturated carbocycles. The van der Waals surface area contributed by atoms with Crippen molar-refractivity contribution >= 4 is 11.9 Å². The Kier molecular flexibility index (Phi) is 4.88. The average molecular weight is 340 g/mol. The number of anilines is 1. The maximum absolute atomic E-state index is 12.3. The first-order valence-corrected chi connectivity index (χ1v) is 8.61. The van der Waals surface area contributed by atoms with Gasteiger partial charge >= 0.3 is 0 Å². The van der Waals surface area contributed by atoms with Gasteiger partial charge in [-0.15, -0.1) is 0 Å².